The summed E-state index contributed by atoms with van der Waals surface area (Å²) in [6.07, 6.45) is -3.40. The van der Waals surface area contributed by atoms with Crippen LogP contribution in [0, 0.1) is 0 Å². The quantitative estimate of drug-likeness (QED) is 0.811. The molecule has 0 saturated heterocycles. The molecule has 2 rings (SSSR count). The first-order valence-electron chi connectivity index (χ1n) is 5.49. The summed E-state index contributed by atoms with van der Waals surface area (Å²) in [7, 11) is 0. The fourth-order valence-electron chi connectivity index (χ4n) is 1.71. The maximum Gasteiger partial charge on any atom is 0.421 e. The average molecular weight is 322 g/mol. The van der Waals surface area contributed by atoms with Crippen LogP contribution in [0.3, 0.4) is 0 Å². The van der Waals surface area contributed by atoms with Gasteiger partial charge in [0.15, 0.2) is 0 Å². The van der Waals surface area contributed by atoms with E-state index in [1.165, 1.54) is 18.3 Å². The van der Waals surface area contributed by atoms with Crippen molar-refractivity contribution in [2.45, 2.75) is 12.7 Å². The first-order valence-corrected chi connectivity index (χ1v) is 6.25. The van der Waals surface area contributed by atoms with Crippen molar-refractivity contribution in [2.75, 3.05) is 0 Å². The van der Waals surface area contributed by atoms with Crippen molar-refractivity contribution >= 4 is 23.2 Å². The highest BCUT2D eigenvalue weighted by Crippen LogP contribution is 2.26. The van der Waals surface area contributed by atoms with Crippen LogP contribution in [0.1, 0.15) is 11.1 Å². The van der Waals surface area contributed by atoms with Crippen molar-refractivity contribution in [1.82, 2.24) is 4.57 Å². The molecule has 0 aliphatic rings. The molecule has 0 spiro atoms. The highest BCUT2D eigenvalue weighted by atomic mass is 35.5. The van der Waals surface area contributed by atoms with Gasteiger partial charge in [0.1, 0.15) is 5.56 Å². The van der Waals surface area contributed by atoms with E-state index in [0.29, 0.717) is 15.6 Å². The second kappa shape index (κ2) is 5.50. The molecule has 7 heteroatoms. The monoisotopic (exact) mass is 321 g/mol. The second-order valence-corrected chi connectivity index (χ2v) is 4.93. The van der Waals surface area contributed by atoms with Crippen molar-refractivity contribution in [2.24, 2.45) is 0 Å². The predicted octanol–water partition coefficient (Wildman–Crippen LogP) is 4.22. The minimum absolute atomic E-state index is 0.0568. The number of rotatable bonds is 2. The van der Waals surface area contributed by atoms with Gasteiger partial charge in [0.05, 0.1) is 6.54 Å². The third-order valence-corrected chi connectivity index (χ3v) is 3.27. The fraction of sp³-hybridized carbons (Fsp3) is 0.154. The minimum Gasteiger partial charge on any atom is -0.311 e. The van der Waals surface area contributed by atoms with Gasteiger partial charge in [-0.1, -0.05) is 29.3 Å². The molecule has 0 atom stereocenters. The van der Waals surface area contributed by atoms with Gasteiger partial charge in [-0.2, -0.15) is 13.2 Å². The molecule has 2 nitrogen and oxygen atoms in total. The van der Waals surface area contributed by atoms with Gasteiger partial charge >= 0.3 is 6.18 Å². The number of hydrogen-bond donors (Lipinski definition) is 0. The van der Waals surface area contributed by atoms with Crippen LogP contribution in [0.4, 0.5) is 13.2 Å². The van der Waals surface area contributed by atoms with E-state index < -0.39 is 17.3 Å². The Balaban J connectivity index is 2.42. The van der Waals surface area contributed by atoms with Crippen molar-refractivity contribution in [3.8, 4) is 0 Å². The molecule has 0 aliphatic carbocycles. The van der Waals surface area contributed by atoms with Crippen molar-refractivity contribution in [3.05, 3.63) is 68.1 Å². The van der Waals surface area contributed by atoms with Gasteiger partial charge in [-0.15, -0.1) is 0 Å². The lowest BCUT2D eigenvalue weighted by Crippen LogP contribution is -2.28. The highest BCUT2D eigenvalue weighted by molar-refractivity contribution is 6.35. The topological polar surface area (TPSA) is 22.0 Å². The summed E-state index contributed by atoms with van der Waals surface area (Å²) in [5.74, 6) is 0. The van der Waals surface area contributed by atoms with Crippen LogP contribution < -0.4 is 5.56 Å². The number of alkyl halides is 3. The van der Waals surface area contributed by atoms with E-state index >= 15 is 0 Å². The summed E-state index contributed by atoms with van der Waals surface area (Å²) in [6.45, 7) is -0.0568. The summed E-state index contributed by atoms with van der Waals surface area (Å²) in [6, 6.07) is 6.52. The molecule has 1 heterocycles. The second-order valence-electron chi connectivity index (χ2n) is 4.09. The van der Waals surface area contributed by atoms with Crippen molar-refractivity contribution < 1.29 is 13.2 Å². The van der Waals surface area contributed by atoms with E-state index in [1.54, 1.807) is 12.1 Å². The zero-order chi connectivity index (χ0) is 14.9. The van der Waals surface area contributed by atoms with Gasteiger partial charge in [-0.25, -0.2) is 0 Å². The lowest BCUT2D eigenvalue weighted by molar-refractivity contribution is -0.138. The summed E-state index contributed by atoms with van der Waals surface area (Å²) in [5, 5.41) is 0.706. The Morgan fingerprint density at radius 1 is 1.15 bits per heavy atom. The summed E-state index contributed by atoms with van der Waals surface area (Å²) < 4.78 is 38.9. The first kappa shape index (κ1) is 14.9. The lowest BCUT2D eigenvalue weighted by atomic mass is 10.2. The van der Waals surface area contributed by atoms with Gasteiger partial charge in [0.2, 0.25) is 0 Å². The maximum absolute atomic E-state index is 12.6. The minimum atomic E-state index is -4.68. The smallest absolute Gasteiger partial charge is 0.311 e. The Labute approximate surface area is 122 Å². The zero-order valence-electron chi connectivity index (χ0n) is 9.92. The van der Waals surface area contributed by atoms with E-state index in [2.05, 4.69) is 0 Å². The number of hydrogen-bond acceptors (Lipinski definition) is 1. The molecule has 0 N–H and O–H groups in total. The van der Waals surface area contributed by atoms with Gasteiger partial charge in [-0.05, 0) is 29.8 Å². The number of benzene rings is 1. The first-order chi connectivity index (χ1) is 9.29. The van der Waals surface area contributed by atoms with Gasteiger partial charge in [0, 0.05) is 16.2 Å². The van der Waals surface area contributed by atoms with E-state index in [1.807, 2.05) is 0 Å². The van der Waals surface area contributed by atoms with Crippen LogP contribution in [0.25, 0.3) is 0 Å². The van der Waals surface area contributed by atoms with E-state index in [4.69, 9.17) is 23.2 Å². The number of aromatic nitrogens is 1. The molecule has 1 aromatic heterocycles. The molecule has 0 fully saturated rings. The van der Waals surface area contributed by atoms with E-state index in [0.717, 1.165) is 10.6 Å². The number of pyridine rings is 1. The normalized spacial score (nSPS) is 11.7. The maximum atomic E-state index is 12.6. The Kier molecular flexibility index (Phi) is 4.11. The molecule has 0 bridgehead atoms. The number of nitrogens with zero attached hydrogens (tertiary/aromatic N) is 1. The van der Waals surface area contributed by atoms with Crippen LogP contribution in [0.5, 0.6) is 0 Å². The van der Waals surface area contributed by atoms with Crippen LogP contribution in [0.15, 0.2) is 41.3 Å². The van der Waals surface area contributed by atoms with Gasteiger partial charge in [0.25, 0.3) is 5.56 Å². The Morgan fingerprint density at radius 3 is 2.45 bits per heavy atom. The standard InChI is InChI=1S/C13H8Cl2F3NO/c14-9-4-3-8(11(15)6-9)7-19-5-1-2-10(12(19)20)13(16,17)18/h1-6H,7H2. The summed E-state index contributed by atoms with van der Waals surface area (Å²) >= 11 is 11.7. The van der Waals surface area contributed by atoms with E-state index in [9.17, 15) is 18.0 Å². The Hall–Kier alpha value is -1.46. The van der Waals surface area contributed by atoms with Crippen LogP contribution >= 0.6 is 23.2 Å². The van der Waals surface area contributed by atoms with Crippen LogP contribution in [0.2, 0.25) is 10.0 Å². The summed E-state index contributed by atoms with van der Waals surface area (Å²) in [5.41, 5.74) is -1.80. The molecule has 0 saturated carbocycles. The zero-order valence-corrected chi connectivity index (χ0v) is 11.4. The molecule has 2 aromatic rings. The molecule has 0 amide bonds. The molecule has 20 heavy (non-hydrogen) atoms. The molecular formula is C13H8Cl2F3NO. The molecule has 1 aromatic carbocycles. The SMILES string of the molecule is O=c1c(C(F)(F)F)cccn1Cc1ccc(Cl)cc1Cl. The largest absolute Gasteiger partial charge is 0.421 e. The predicted molar refractivity (Wildman–Crippen MR) is 71.3 cm³/mol. The third-order valence-electron chi connectivity index (χ3n) is 2.68. The summed E-state index contributed by atoms with van der Waals surface area (Å²) in [4.78, 5) is 11.8. The fourth-order valence-corrected chi connectivity index (χ4v) is 2.18. The molecule has 106 valence electrons. The molecule has 0 unspecified atom stereocenters. The van der Waals surface area contributed by atoms with Gasteiger partial charge in [-0.3, -0.25) is 4.79 Å². The number of halogens is 5. The molecule has 0 aliphatic heterocycles. The average Bonchev–Trinajstić information content (AvgIpc) is 2.33. The highest BCUT2D eigenvalue weighted by Gasteiger charge is 2.34. The van der Waals surface area contributed by atoms with Crippen molar-refractivity contribution in [3.63, 3.8) is 0 Å². The lowest BCUT2D eigenvalue weighted by Gasteiger charge is -2.11. The van der Waals surface area contributed by atoms with E-state index in [-0.39, 0.29) is 6.54 Å². The van der Waals surface area contributed by atoms with Crippen molar-refractivity contribution in [1.29, 1.82) is 0 Å². The Morgan fingerprint density at radius 2 is 1.85 bits per heavy atom. The van der Waals surface area contributed by atoms with Crippen LogP contribution in [-0.4, -0.2) is 4.57 Å². The Bertz CT molecular complexity index is 695. The molecule has 0 radical (unpaired) electrons. The van der Waals surface area contributed by atoms with Crippen LogP contribution in [-0.2, 0) is 12.7 Å². The van der Waals surface area contributed by atoms with Gasteiger partial charge < -0.3 is 4.57 Å². The third kappa shape index (κ3) is 3.16. The molecular weight excluding hydrogens is 314 g/mol.